The van der Waals surface area contributed by atoms with Gasteiger partial charge < -0.3 is 19.5 Å². The molecule has 0 spiro atoms. The zero-order valence-corrected chi connectivity index (χ0v) is 15.0. The molecule has 2 amide bonds. The van der Waals surface area contributed by atoms with Crippen LogP contribution in [-0.2, 0) is 4.79 Å². The lowest BCUT2D eigenvalue weighted by molar-refractivity contribution is -0.274. The molecule has 1 saturated heterocycles. The smallest absolute Gasteiger partial charge is 0.406 e. The highest BCUT2D eigenvalue weighted by molar-refractivity contribution is 5.95. The fourth-order valence-corrected chi connectivity index (χ4v) is 2.98. The highest BCUT2D eigenvalue weighted by Gasteiger charge is 2.31. The number of hydrogen-bond donors (Lipinski definition) is 1. The predicted octanol–water partition coefficient (Wildman–Crippen LogP) is 3.37. The molecule has 0 aliphatic carbocycles. The number of rotatable bonds is 4. The molecule has 10 heteroatoms. The Hall–Kier alpha value is -3.04. The van der Waals surface area contributed by atoms with Crippen molar-refractivity contribution in [1.29, 1.82) is 0 Å². The van der Waals surface area contributed by atoms with Crippen LogP contribution in [0.15, 0.2) is 34.9 Å². The number of benzene rings is 1. The van der Waals surface area contributed by atoms with Gasteiger partial charge in [-0.15, -0.1) is 13.2 Å². The lowest BCUT2D eigenvalue weighted by Crippen LogP contribution is -2.41. The first-order chi connectivity index (χ1) is 13.2. The molecule has 0 unspecified atom stereocenters. The van der Waals surface area contributed by atoms with Crippen LogP contribution in [0.25, 0.3) is 0 Å². The zero-order chi connectivity index (χ0) is 20.3. The Morgan fingerprint density at radius 2 is 1.86 bits per heavy atom. The topological polar surface area (TPSA) is 84.7 Å². The van der Waals surface area contributed by atoms with Crippen LogP contribution >= 0.6 is 0 Å². The molecule has 1 fully saturated rings. The number of alkyl halides is 3. The number of carbonyl (C=O) groups excluding carboxylic acids is 2. The highest BCUT2D eigenvalue weighted by atomic mass is 19.4. The third-order valence-electron chi connectivity index (χ3n) is 4.37. The molecule has 7 nitrogen and oxygen atoms in total. The number of likely N-dealkylation sites (tertiary alicyclic amines) is 1. The molecule has 1 aliphatic heterocycles. The van der Waals surface area contributed by atoms with Crippen molar-refractivity contribution in [3.63, 3.8) is 0 Å². The van der Waals surface area contributed by atoms with Gasteiger partial charge in [0.1, 0.15) is 11.5 Å². The maximum Gasteiger partial charge on any atom is 0.573 e. The normalized spacial score (nSPS) is 15.4. The van der Waals surface area contributed by atoms with E-state index in [-0.39, 0.29) is 29.0 Å². The van der Waals surface area contributed by atoms with E-state index in [0.29, 0.717) is 37.5 Å². The van der Waals surface area contributed by atoms with Crippen LogP contribution in [-0.4, -0.2) is 41.3 Å². The Morgan fingerprint density at radius 3 is 2.39 bits per heavy atom. The molecule has 150 valence electrons. The summed E-state index contributed by atoms with van der Waals surface area (Å²) in [4.78, 5) is 26.4. The number of carbonyl (C=O) groups is 2. The molecule has 1 aromatic carbocycles. The number of aryl methyl sites for hydroxylation is 1. The van der Waals surface area contributed by atoms with Gasteiger partial charge in [0.25, 0.3) is 5.91 Å². The summed E-state index contributed by atoms with van der Waals surface area (Å²) in [7, 11) is 0. The van der Waals surface area contributed by atoms with Crippen molar-refractivity contribution in [2.75, 3.05) is 18.4 Å². The van der Waals surface area contributed by atoms with Crippen LogP contribution < -0.4 is 10.1 Å². The lowest BCUT2D eigenvalue weighted by atomic mass is 9.95. The number of piperidine rings is 1. The average molecular weight is 397 g/mol. The van der Waals surface area contributed by atoms with E-state index in [9.17, 15) is 22.8 Å². The van der Waals surface area contributed by atoms with E-state index in [4.69, 9.17) is 4.52 Å². The Morgan fingerprint density at radius 1 is 1.21 bits per heavy atom. The molecule has 1 N–H and O–H groups in total. The van der Waals surface area contributed by atoms with Gasteiger partial charge in [-0.2, -0.15) is 0 Å². The second-order valence-electron chi connectivity index (χ2n) is 6.45. The molecule has 28 heavy (non-hydrogen) atoms. The molecule has 2 heterocycles. The minimum Gasteiger partial charge on any atom is -0.406 e. The van der Waals surface area contributed by atoms with Crippen LogP contribution in [0.2, 0.25) is 0 Å². The number of hydrogen-bond acceptors (Lipinski definition) is 5. The molecule has 0 saturated carbocycles. The quantitative estimate of drug-likeness (QED) is 0.855. The molecular weight excluding hydrogens is 379 g/mol. The molecule has 1 aromatic heterocycles. The van der Waals surface area contributed by atoms with E-state index in [2.05, 4.69) is 15.2 Å². The van der Waals surface area contributed by atoms with Crippen molar-refractivity contribution in [2.45, 2.75) is 26.1 Å². The van der Waals surface area contributed by atoms with Gasteiger partial charge in [-0.3, -0.25) is 9.59 Å². The van der Waals surface area contributed by atoms with Gasteiger partial charge in [0.2, 0.25) is 5.91 Å². The molecule has 0 radical (unpaired) electrons. The fourth-order valence-electron chi connectivity index (χ4n) is 2.98. The van der Waals surface area contributed by atoms with Gasteiger partial charge in [-0.1, -0.05) is 5.16 Å². The van der Waals surface area contributed by atoms with Crippen molar-refractivity contribution in [2.24, 2.45) is 5.92 Å². The predicted molar refractivity (Wildman–Crippen MR) is 91.6 cm³/mol. The number of aromatic nitrogens is 1. The summed E-state index contributed by atoms with van der Waals surface area (Å²) in [5.74, 6) is -0.200. The molecule has 1 aliphatic rings. The summed E-state index contributed by atoms with van der Waals surface area (Å²) in [5, 5.41) is 6.39. The number of halogens is 3. The number of anilines is 1. The largest absolute Gasteiger partial charge is 0.573 e. The molecule has 0 atom stereocenters. The van der Waals surface area contributed by atoms with Gasteiger partial charge >= 0.3 is 6.36 Å². The van der Waals surface area contributed by atoms with Crippen molar-refractivity contribution in [3.05, 3.63) is 41.7 Å². The Labute approximate surface area is 158 Å². The van der Waals surface area contributed by atoms with Gasteiger partial charge in [0.15, 0.2) is 5.82 Å². The highest BCUT2D eigenvalue weighted by Crippen LogP contribution is 2.24. The second-order valence-corrected chi connectivity index (χ2v) is 6.45. The SMILES string of the molecule is Cc1cc(NC(=O)C2CCN(C(=O)c3ccc(OC(F)(F)F)cc3)CC2)no1. The van der Waals surface area contributed by atoms with E-state index in [0.717, 1.165) is 12.1 Å². The van der Waals surface area contributed by atoms with E-state index in [1.807, 2.05) is 0 Å². The van der Waals surface area contributed by atoms with Gasteiger partial charge in [0.05, 0.1) is 0 Å². The summed E-state index contributed by atoms with van der Waals surface area (Å²) >= 11 is 0. The first-order valence-electron chi connectivity index (χ1n) is 8.60. The second kappa shape index (κ2) is 7.91. The van der Waals surface area contributed by atoms with Crippen molar-refractivity contribution in [3.8, 4) is 5.75 Å². The van der Waals surface area contributed by atoms with E-state index < -0.39 is 6.36 Å². The van der Waals surface area contributed by atoms with Crippen molar-refractivity contribution in [1.82, 2.24) is 10.1 Å². The van der Waals surface area contributed by atoms with Gasteiger partial charge in [-0.25, -0.2) is 0 Å². The average Bonchev–Trinajstić information content (AvgIpc) is 3.05. The van der Waals surface area contributed by atoms with E-state index in [1.54, 1.807) is 17.9 Å². The summed E-state index contributed by atoms with van der Waals surface area (Å²) in [6.45, 7) is 2.46. The third kappa shape index (κ3) is 5.02. The summed E-state index contributed by atoms with van der Waals surface area (Å²) in [6, 6.07) is 6.38. The summed E-state index contributed by atoms with van der Waals surface area (Å²) in [5.41, 5.74) is 0.260. The van der Waals surface area contributed by atoms with Crippen molar-refractivity contribution >= 4 is 17.6 Å². The van der Waals surface area contributed by atoms with Gasteiger partial charge in [-0.05, 0) is 44.0 Å². The number of nitrogens with one attached hydrogen (secondary N) is 1. The minimum absolute atomic E-state index is 0.186. The Kier molecular flexibility index (Phi) is 5.57. The third-order valence-corrected chi connectivity index (χ3v) is 4.37. The van der Waals surface area contributed by atoms with E-state index >= 15 is 0 Å². The molecule has 0 bridgehead atoms. The van der Waals surface area contributed by atoms with Crippen molar-refractivity contribution < 1.29 is 32.0 Å². The molecule has 3 rings (SSSR count). The Bertz CT molecular complexity index is 841. The maximum atomic E-state index is 12.5. The van der Waals surface area contributed by atoms with Crippen LogP contribution in [0.3, 0.4) is 0 Å². The van der Waals surface area contributed by atoms with Crippen LogP contribution in [0.4, 0.5) is 19.0 Å². The number of nitrogens with zero attached hydrogens (tertiary/aromatic N) is 2. The first kappa shape index (κ1) is 19.7. The number of ether oxygens (including phenoxy) is 1. The summed E-state index contributed by atoms with van der Waals surface area (Å²) in [6.07, 6.45) is -3.83. The minimum atomic E-state index is -4.78. The van der Waals surface area contributed by atoms with Gasteiger partial charge in [0, 0.05) is 30.6 Å². The number of amides is 2. The Balaban J connectivity index is 1.52. The van der Waals surface area contributed by atoms with Crippen LogP contribution in [0.5, 0.6) is 5.75 Å². The molecular formula is C18H18F3N3O4. The first-order valence-corrected chi connectivity index (χ1v) is 8.60. The lowest BCUT2D eigenvalue weighted by Gasteiger charge is -2.31. The monoisotopic (exact) mass is 397 g/mol. The molecule has 2 aromatic rings. The standard InChI is InChI=1S/C18H18F3N3O4/c1-11-10-15(23-28-11)22-16(25)12-6-8-24(9-7-12)17(26)13-2-4-14(5-3-13)27-18(19,20)21/h2-5,10,12H,6-9H2,1H3,(H,22,23,25). The van der Waals surface area contributed by atoms with E-state index in [1.165, 1.54) is 12.1 Å². The maximum absolute atomic E-state index is 12.5. The fraction of sp³-hybridized carbons (Fsp3) is 0.389. The van der Waals surface area contributed by atoms with Crippen LogP contribution in [0.1, 0.15) is 29.0 Å². The van der Waals surface area contributed by atoms with Crippen LogP contribution in [0, 0.1) is 12.8 Å². The zero-order valence-electron chi connectivity index (χ0n) is 15.0. The summed E-state index contributed by atoms with van der Waals surface area (Å²) < 4.78 is 45.3.